The van der Waals surface area contributed by atoms with E-state index in [-0.39, 0.29) is 36.0 Å². The van der Waals surface area contributed by atoms with E-state index in [1.54, 1.807) is 0 Å². The van der Waals surface area contributed by atoms with Gasteiger partial charge >= 0.3 is 29.6 Å². The van der Waals surface area contributed by atoms with Crippen LogP contribution in [0.25, 0.3) is 0 Å². The fourth-order valence-corrected chi connectivity index (χ4v) is 4.35. The first-order chi connectivity index (χ1) is 13.9. The van der Waals surface area contributed by atoms with Crippen molar-refractivity contribution in [2.45, 2.75) is 116 Å². The average Bonchev–Trinajstić information content (AvgIpc) is 2.66. The minimum atomic E-state index is -4.48. The third-order valence-corrected chi connectivity index (χ3v) is 6.25. The maximum absolute atomic E-state index is 11.6. The molecule has 0 spiro atoms. The van der Waals surface area contributed by atoms with Crippen molar-refractivity contribution >= 4 is 10.1 Å². The van der Waals surface area contributed by atoms with Crippen LogP contribution in [0.2, 0.25) is 0 Å². The van der Waals surface area contributed by atoms with Gasteiger partial charge in [-0.2, -0.15) is 0 Å². The molecule has 0 N–H and O–H groups in total. The molecule has 0 aliphatic rings. The van der Waals surface area contributed by atoms with Gasteiger partial charge in [0.15, 0.2) is 5.44 Å². The zero-order chi connectivity index (χ0) is 21.5. The first-order valence-corrected chi connectivity index (χ1v) is 13.1. The smallest absolute Gasteiger partial charge is 0.745 e. The Morgan fingerprint density at radius 2 is 1.23 bits per heavy atom. The van der Waals surface area contributed by atoms with E-state index in [2.05, 4.69) is 19.9 Å². The monoisotopic (exact) mass is 448 g/mol. The second-order valence-electron chi connectivity index (χ2n) is 8.14. The molecule has 0 bridgehead atoms. The minimum Gasteiger partial charge on any atom is -0.745 e. The van der Waals surface area contributed by atoms with Crippen molar-refractivity contribution < 1.29 is 47.3 Å². The van der Waals surface area contributed by atoms with Gasteiger partial charge in [0.1, 0.15) is 15.9 Å². The first-order valence-electron chi connectivity index (χ1n) is 11.6. The largest absolute Gasteiger partial charge is 1.00 e. The fraction of sp³-hybridized carbons (Fsp3) is 0.750. The standard InChI is InChI=1S/C24H42O4S.Na/c1-4-7-9-11-13-16-21-18-22(17-14-12-10-8-5-2)20-23(19-21)28-24(15-6-3)29(25,26)27;/h18-20,24H,4-17H2,1-3H3,(H,25,26,27);/q;+1/p-1. The average molecular weight is 449 g/mol. The molecule has 1 atom stereocenters. The Balaban J connectivity index is 0.00000841. The minimum absolute atomic E-state index is 0. The van der Waals surface area contributed by atoms with Crippen LogP contribution in [0.3, 0.4) is 0 Å². The Hall–Kier alpha value is -0.0700. The van der Waals surface area contributed by atoms with Crippen LogP contribution in [0.5, 0.6) is 5.75 Å². The summed E-state index contributed by atoms with van der Waals surface area (Å²) in [5.41, 5.74) is 1.06. The molecular formula is C24H41NaO4S. The van der Waals surface area contributed by atoms with Gasteiger partial charge in [0, 0.05) is 0 Å². The molecule has 0 amide bonds. The number of rotatable bonds is 17. The maximum Gasteiger partial charge on any atom is 1.00 e. The maximum atomic E-state index is 11.6. The van der Waals surface area contributed by atoms with Crippen LogP contribution in [0.15, 0.2) is 18.2 Å². The molecule has 1 unspecified atom stereocenters. The van der Waals surface area contributed by atoms with E-state index in [1.807, 2.05) is 19.1 Å². The summed E-state index contributed by atoms with van der Waals surface area (Å²) >= 11 is 0. The molecular weight excluding hydrogens is 407 g/mol. The quantitative estimate of drug-likeness (QED) is 0.207. The van der Waals surface area contributed by atoms with E-state index in [0.717, 1.165) is 25.7 Å². The van der Waals surface area contributed by atoms with Gasteiger partial charge in [0.05, 0.1) is 0 Å². The van der Waals surface area contributed by atoms with Crippen molar-refractivity contribution in [3.8, 4) is 5.75 Å². The number of hydrogen-bond donors (Lipinski definition) is 0. The predicted octanol–water partition coefficient (Wildman–Crippen LogP) is 3.77. The fourth-order valence-electron chi connectivity index (χ4n) is 3.60. The zero-order valence-corrected chi connectivity index (χ0v) is 22.6. The molecule has 4 nitrogen and oxygen atoms in total. The van der Waals surface area contributed by atoms with Gasteiger partial charge in [0.2, 0.25) is 0 Å². The van der Waals surface area contributed by atoms with Crippen LogP contribution in [-0.4, -0.2) is 18.4 Å². The Kier molecular flexibility index (Phi) is 17.4. The number of unbranched alkanes of at least 4 members (excludes halogenated alkanes) is 8. The molecule has 0 aliphatic heterocycles. The molecule has 1 aromatic rings. The van der Waals surface area contributed by atoms with Crippen LogP contribution >= 0.6 is 0 Å². The molecule has 0 fully saturated rings. The van der Waals surface area contributed by atoms with Gasteiger partial charge in [-0.1, -0.05) is 84.6 Å². The topological polar surface area (TPSA) is 66.4 Å². The molecule has 0 saturated carbocycles. The van der Waals surface area contributed by atoms with Crippen LogP contribution < -0.4 is 34.3 Å². The number of benzene rings is 1. The molecule has 0 radical (unpaired) electrons. The Labute approximate surface area is 207 Å². The molecule has 0 saturated heterocycles. The van der Waals surface area contributed by atoms with E-state index < -0.39 is 15.6 Å². The summed E-state index contributed by atoms with van der Waals surface area (Å²) in [6.45, 7) is 6.28. The van der Waals surface area contributed by atoms with E-state index in [4.69, 9.17) is 4.74 Å². The van der Waals surface area contributed by atoms with E-state index in [0.29, 0.717) is 12.2 Å². The van der Waals surface area contributed by atoms with Crippen molar-refractivity contribution in [1.82, 2.24) is 0 Å². The van der Waals surface area contributed by atoms with Crippen LogP contribution in [0.4, 0.5) is 0 Å². The summed E-state index contributed by atoms with van der Waals surface area (Å²) in [6.07, 6.45) is 14.9. The van der Waals surface area contributed by atoms with Crippen molar-refractivity contribution in [1.29, 1.82) is 0 Å². The summed E-state index contributed by atoms with van der Waals surface area (Å²) in [6, 6.07) is 6.08. The molecule has 30 heavy (non-hydrogen) atoms. The predicted molar refractivity (Wildman–Crippen MR) is 120 cm³/mol. The van der Waals surface area contributed by atoms with Gasteiger partial charge in [-0.3, -0.25) is 0 Å². The van der Waals surface area contributed by atoms with Gasteiger partial charge in [-0.25, -0.2) is 8.42 Å². The molecule has 6 heteroatoms. The Morgan fingerprint density at radius 1 is 0.767 bits per heavy atom. The summed E-state index contributed by atoms with van der Waals surface area (Å²) in [7, 11) is -4.48. The van der Waals surface area contributed by atoms with E-state index in [9.17, 15) is 13.0 Å². The van der Waals surface area contributed by atoms with Crippen molar-refractivity contribution in [2.75, 3.05) is 0 Å². The molecule has 0 heterocycles. The summed E-state index contributed by atoms with van der Waals surface area (Å²) < 4.78 is 40.4. The van der Waals surface area contributed by atoms with Gasteiger partial charge < -0.3 is 9.29 Å². The van der Waals surface area contributed by atoms with Gasteiger partial charge in [0.25, 0.3) is 0 Å². The number of hydrogen-bond acceptors (Lipinski definition) is 4. The third kappa shape index (κ3) is 13.4. The normalized spacial score (nSPS) is 12.4. The zero-order valence-electron chi connectivity index (χ0n) is 19.8. The summed E-state index contributed by atoms with van der Waals surface area (Å²) in [5.74, 6) is 0.525. The molecule has 0 aliphatic carbocycles. The van der Waals surface area contributed by atoms with Gasteiger partial charge in [-0.15, -0.1) is 0 Å². The van der Waals surface area contributed by atoms with Gasteiger partial charge in [-0.05, 0) is 55.4 Å². The Bertz CT molecular complexity index is 629. The van der Waals surface area contributed by atoms with Crippen LogP contribution in [-0.2, 0) is 23.0 Å². The summed E-state index contributed by atoms with van der Waals surface area (Å²) in [5, 5.41) is 0. The number of aryl methyl sites for hydroxylation is 2. The molecule has 168 valence electrons. The van der Waals surface area contributed by atoms with Crippen LogP contribution in [0.1, 0.15) is 109 Å². The molecule has 1 aromatic carbocycles. The van der Waals surface area contributed by atoms with E-state index >= 15 is 0 Å². The second kappa shape index (κ2) is 17.5. The summed E-state index contributed by atoms with van der Waals surface area (Å²) in [4.78, 5) is 0. The second-order valence-corrected chi connectivity index (χ2v) is 9.65. The van der Waals surface area contributed by atoms with Crippen LogP contribution in [0, 0.1) is 0 Å². The molecule has 0 aromatic heterocycles. The van der Waals surface area contributed by atoms with E-state index in [1.165, 1.54) is 62.5 Å². The van der Waals surface area contributed by atoms with Crippen molar-refractivity contribution in [3.05, 3.63) is 29.3 Å². The molecule has 1 rings (SSSR count). The third-order valence-electron chi connectivity index (χ3n) is 5.28. The van der Waals surface area contributed by atoms with Crippen molar-refractivity contribution in [3.63, 3.8) is 0 Å². The number of ether oxygens (including phenoxy) is 1. The first kappa shape index (κ1) is 29.9. The van der Waals surface area contributed by atoms with Crippen molar-refractivity contribution in [2.24, 2.45) is 0 Å². The SMILES string of the molecule is CCCCCCCc1cc(CCCCCCC)cc(OC(CCC)S(=O)(=O)[O-])c1.[Na+]. The Morgan fingerprint density at radius 3 is 1.63 bits per heavy atom.